The van der Waals surface area contributed by atoms with Gasteiger partial charge in [-0.2, -0.15) is 4.98 Å². The molecule has 0 fully saturated rings. The lowest BCUT2D eigenvalue weighted by Gasteiger charge is -2.15. The first-order chi connectivity index (χ1) is 13.7. The maximum Gasteiger partial charge on any atom is 0.341 e. The average Bonchev–Trinajstić information content (AvgIpc) is 3.10. The van der Waals surface area contributed by atoms with Crippen LogP contribution in [-0.2, 0) is 14.8 Å². The number of rotatable bonds is 6. The minimum atomic E-state index is -3.90. The lowest BCUT2D eigenvalue weighted by atomic mass is 10.2. The molecule has 0 saturated heterocycles. The minimum Gasteiger partial charge on any atom is -0.449 e. The van der Waals surface area contributed by atoms with Gasteiger partial charge in [-0.1, -0.05) is 29.4 Å². The number of ether oxygens (including phenoxy) is 1. The molecule has 8 nitrogen and oxygen atoms in total. The number of benzene rings is 2. The van der Waals surface area contributed by atoms with Crippen LogP contribution in [0.5, 0.6) is 0 Å². The van der Waals surface area contributed by atoms with Gasteiger partial charge < -0.3 is 9.26 Å². The number of esters is 1. The zero-order valence-electron chi connectivity index (χ0n) is 16.5. The Morgan fingerprint density at radius 2 is 1.86 bits per heavy atom. The molecular formula is C20H21N3O5S. The Balaban J connectivity index is 1.87. The summed E-state index contributed by atoms with van der Waals surface area (Å²) in [6, 6.07) is 11.4. The zero-order chi connectivity index (χ0) is 21.2. The van der Waals surface area contributed by atoms with Crippen LogP contribution in [0.25, 0.3) is 0 Å². The number of carbonyl (C=O) groups excluding carboxylic acids is 1. The number of carbonyl (C=O) groups is 1. The van der Waals surface area contributed by atoms with Crippen LogP contribution in [0, 0.1) is 20.8 Å². The summed E-state index contributed by atoms with van der Waals surface area (Å²) in [5.41, 5.74) is 1.60. The van der Waals surface area contributed by atoms with Crippen molar-refractivity contribution in [3.63, 3.8) is 0 Å². The molecule has 0 radical (unpaired) electrons. The highest BCUT2D eigenvalue weighted by Crippen LogP contribution is 2.25. The van der Waals surface area contributed by atoms with Crippen molar-refractivity contribution in [3.05, 3.63) is 70.9 Å². The molecule has 0 aliphatic carbocycles. The molecule has 2 aromatic carbocycles. The third-order valence-electron chi connectivity index (χ3n) is 4.20. The first-order valence-corrected chi connectivity index (χ1v) is 10.4. The molecule has 1 atom stereocenters. The lowest BCUT2D eigenvalue weighted by molar-refractivity contribution is 0.0266. The van der Waals surface area contributed by atoms with E-state index in [-0.39, 0.29) is 22.0 Å². The first-order valence-electron chi connectivity index (χ1n) is 8.87. The summed E-state index contributed by atoms with van der Waals surface area (Å²) in [6.45, 7) is 6.76. The summed E-state index contributed by atoms with van der Waals surface area (Å²) in [5, 5.41) is 3.66. The highest BCUT2D eigenvalue weighted by molar-refractivity contribution is 7.92. The number of nitrogens with zero attached hydrogens (tertiary/aromatic N) is 2. The van der Waals surface area contributed by atoms with Crippen molar-refractivity contribution in [2.24, 2.45) is 0 Å². The maximum absolute atomic E-state index is 12.9. The van der Waals surface area contributed by atoms with Crippen LogP contribution in [-0.4, -0.2) is 24.5 Å². The Kier molecular flexibility index (Phi) is 5.69. The van der Waals surface area contributed by atoms with Crippen molar-refractivity contribution >= 4 is 21.7 Å². The van der Waals surface area contributed by atoms with Crippen molar-refractivity contribution in [1.82, 2.24) is 10.1 Å². The molecule has 1 aromatic heterocycles. The van der Waals surface area contributed by atoms with Gasteiger partial charge in [0, 0.05) is 0 Å². The van der Waals surface area contributed by atoms with Crippen LogP contribution in [0.3, 0.4) is 0 Å². The quantitative estimate of drug-likeness (QED) is 0.611. The Hall–Kier alpha value is -3.20. The number of sulfonamides is 1. The van der Waals surface area contributed by atoms with E-state index >= 15 is 0 Å². The molecule has 0 aliphatic rings. The second-order valence-corrected chi connectivity index (χ2v) is 8.30. The zero-order valence-corrected chi connectivity index (χ0v) is 17.3. The van der Waals surface area contributed by atoms with E-state index < -0.39 is 22.1 Å². The van der Waals surface area contributed by atoms with Gasteiger partial charge in [0.05, 0.1) is 16.1 Å². The third kappa shape index (κ3) is 4.62. The average molecular weight is 415 g/mol. The number of aryl methyl sites for hydroxylation is 3. The highest BCUT2D eigenvalue weighted by atomic mass is 32.2. The van der Waals surface area contributed by atoms with E-state index in [0.29, 0.717) is 11.4 Å². The van der Waals surface area contributed by atoms with E-state index in [1.54, 1.807) is 45.0 Å². The second kappa shape index (κ2) is 8.04. The van der Waals surface area contributed by atoms with Gasteiger partial charge in [0.2, 0.25) is 0 Å². The number of nitrogens with one attached hydrogen (secondary N) is 1. The number of anilines is 1. The summed E-state index contributed by atoms with van der Waals surface area (Å²) in [5.74, 6) is -0.138. The van der Waals surface area contributed by atoms with Crippen molar-refractivity contribution in [1.29, 1.82) is 0 Å². The summed E-state index contributed by atoms with van der Waals surface area (Å²) in [7, 11) is -3.90. The molecule has 0 saturated carbocycles. The fourth-order valence-corrected chi connectivity index (χ4v) is 4.11. The van der Waals surface area contributed by atoms with Crippen LogP contribution in [0.15, 0.2) is 51.9 Å². The van der Waals surface area contributed by atoms with E-state index in [2.05, 4.69) is 14.9 Å². The Morgan fingerprint density at radius 3 is 2.55 bits per heavy atom. The molecular weight excluding hydrogens is 394 g/mol. The highest BCUT2D eigenvalue weighted by Gasteiger charge is 2.24. The Morgan fingerprint density at radius 1 is 1.14 bits per heavy atom. The fraction of sp³-hybridized carbons (Fsp3) is 0.250. The van der Waals surface area contributed by atoms with Crippen LogP contribution in [0.1, 0.15) is 46.2 Å². The predicted molar refractivity (Wildman–Crippen MR) is 106 cm³/mol. The number of hydrogen-bond acceptors (Lipinski definition) is 7. The molecule has 0 spiro atoms. The van der Waals surface area contributed by atoms with Gasteiger partial charge in [-0.15, -0.1) is 0 Å². The molecule has 0 amide bonds. The van der Waals surface area contributed by atoms with Crippen LogP contribution >= 0.6 is 0 Å². The summed E-state index contributed by atoms with van der Waals surface area (Å²) in [6.07, 6.45) is -0.785. The van der Waals surface area contributed by atoms with Crippen LogP contribution in [0.2, 0.25) is 0 Å². The van der Waals surface area contributed by atoms with Gasteiger partial charge >= 0.3 is 5.97 Å². The molecule has 29 heavy (non-hydrogen) atoms. The largest absolute Gasteiger partial charge is 0.449 e. The second-order valence-electron chi connectivity index (χ2n) is 6.65. The molecule has 3 aromatic rings. The SMILES string of the molecule is Cc1ccc(C)c(S(=O)(=O)Nc2ccccc2C(=O)OC(C)c2nc(C)no2)c1. The van der Waals surface area contributed by atoms with Gasteiger partial charge in [-0.3, -0.25) is 4.72 Å². The van der Waals surface area contributed by atoms with E-state index in [0.717, 1.165) is 5.56 Å². The van der Waals surface area contributed by atoms with E-state index in [1.807, 2.05) is 13.0 Å². The summed E-state index contributed by atoms with van der Waals surface area (Å²) >= 11 is 0. The molecule has 1 heterocycles. The molecule has 1 unspecified atom stereocenters. The third-order valence-corrected chi connectivity index (χ3v) is 5.71. The van der Waals surface area contributed by atoms with Gasteiger partial charge in [0.25, 0.3) is 15.9 Å². The minimum absolute atomic E-state index is 0.0736. The maximum atomic E-state index is 12.9. The van der Waals surface area contributed by atoms with Gasteiger partial charge in [0.15, 0.2) is 11.9 Å². The summed E-state index contributed by atoms with van der Waals surface area (Å²) < 4.78 is 38.7. The smallest absolute Gasteiger partial charge is 0.341 e. The van der Waals surface area contributed by atoms with Gasteiger partial charge in [-0.05, 0) is 57.0 Å². The van der Waals surface area contributed by atoms with E-state index in [9.17, 15) is 13.2 Å². The van der Waals surface area contributed by atoms with Gasteiger partial charge in [0.1, 0.15) is 0 Å². The predicted octanol–water partition coefficient (Wildman–Crippen LogP) is 3.71. The standard InChI is InChI=1S/C20H21N3O5S/c1-12-9-10-13(2)18(11-12)29(25,26)23-17-8-6-5-7-16(17)20(24)27-14(3)19-21-15(4)22-28-19/h5-11,14,23H,1-4H3. The summed E-state index contributed by atoms with van der Waals surface area (Å²) in [4.78, 5) is 16.8. The number of aromatic nitrogens is 2. The monoisotopic (exact) mass is 415 g/mol. The van der Waals surface area contributed by atoms with Crippen molar-refractivity contribution in [3.8, 4) is 0 Å². The Labute approximate surface area is 169 Å². The first kappa shape index (κ1) is 20.5. The fourth-order valence-electron chi connectivity index (χ4n) is 2.70. The number of para-hydroxylation sites is 1. The van der Waals surface area contributed by atoms with Gasteiger partial charge in [-0.25, -0.2) is 13.2 Å². The lowest BCUT2D eigenvalue weighted by Crippen LogP contribution is -2.18. The topological polar surface area (TPSA) is 111 Å². The van der Waals surface area contributed by atoms with Crippen LogP contribution in [0.4, 0.5) is 5.69 Å². The van der Waals surface area contributed by atoms with Crippen molar-refractivity contribution < 1.29 is 22.5 Å². The van der Waals surface area contributed by atoms with E-state index in [4.69, 9.17) is 9.26 Å². The Bertz CT molecular complexity index is 1150. The molecule has 3 rings (SSSR count). The van der Waals surface area contributed by atoms with Crippen LogP contribution < -0.4 is 4.72 Å². The normalized spacial score (nSPS) is 12.4. The molecule has 0 bridgehead atoms. The molecule has 9 heteroatoms. The van der Waals surface area contributed by atoms with Crippen molar-refractivity contribution in [2.45, 2.75) is 38.7 Å². The molecule has 152 valence electrons. The number of hydrogen-bond donors (Lipinski definition) is 1. The van der Waals surface area contributed by atoms with E-state index in [1.165, 1.54) is 12.1 Å². The molecule has 1 N–H and O–H groups in total. The molecule has 0 aliphatic heterocycles. The van der Waals surface area contributed by atoms with Crippen molar-refractivity contribution in [2.75, 3.05) is 4.72 Å².